The Labute approximate surface area is 162 Å². The van der Waals surface area contributed by atoms with E-state index >= 15 is 0 Å². The first-order chi connectivity index (χ1) is 13.0. The van der Waals surface area contributed by atoms with Crippen LogP contribution in [-0.2, 0) is 22.4 Å². The largest absolute Gasteiger partial charge is 0.346 e. The second kappa shape index (κ2) is 11.0. The number of rotatable bonds is 10. The van der Waals surface area contributed by atoms with Crippen molar-refractivity contribution in [1.82, 2.24) is 19.9 Å². The van der Waals surface area contributed by atoms with Gasteiger partial charge in [-0.3, -0.25) is 9.59 Å². The Kier molecular flexibility index (Phi) is 8.75. The lowest BCUT2D eigenvalue weighted by atomic mass is 9.95. The van der Waals surface area contributed by atoms with Gasteiger partial charge in [-0.1, -0.05) is 25.4 Å². The second-order valence-corrected chi connectivity index (χ2v) is 7.48. The van der Waals surface area contributed by atoms with Crippen molar-refractivity contribution in [3.8, 4) is 0 Å². The summed E-state index contributed by atoms with van der Waals surface area (Å²) in [6, 6.07) is 0. The minimum atomic E-state index is 0.0614. The lowest BCUT2D eigenvalue weighted by Gasteiger charge is -2.33. The van der Waals surface area contributed by atoms with Crippen LogP contribution in [0.15, 0.2) is 4.52 Å². The Balaban J connectivity index is 1.67. The summed E-state index contributed by atoms with van der Waals surface area (Å²) in [5.41, 5.74) is 0. The van der Waals surface area contributed by atoms with Gasteiger partial charge in [0.2, 0.25) is 17.7 Å². The smallest absolute Gasteiger partial charge is 0.226 e. The van der Waals surface area contributed by atoms with E-state index in [2.05, 4.69) is 24.0 Å². The van der Waals surface area contributed by atoms with Gasteiger partial charge in [0, 0.05) is 51.9 Å². The monoisotopic (exact) mass is 378 g/mol. The van der Waals surface area contributed by atoms with Crippen LogP contribution < -0.4 is 0 Å². The van der Waals surface area contributed by atoms with Gasteiger partial charge < -0.3 is 14.3 Å². The van der Waals surface area contributed by atoms with E-state index < -0.39 is 0 Å². The van der Waals surface area contributed by atoms with E-state index in [0.29, 0.717) is 38.2 Å². The fraction of sp³-hybridized carbons (Fsp3) is 0.800. The summed E-state index contributed by atoms with van der Waals surface area (Å²) >= 11 is 0. The number of amides is 2. The number of carbonyl (C=O) groups is 2. The number of hydrogen-bond acceptors (Lipinski definition) is 5. The van der Waals surface area contributed by atoms with Gasteiger partial charge in [-0.05, 0) is 32.1 Å². The predicted molar refractivity (Wildman–Crippen MR) is 103 cm³/mol. The molecule has 27 heavy (non-hydrogen) atoms. The van der Waals surface area contributed by atoms with Crippen LogP contribution in [0.25, 0.3) is 0 Å². The van der Waals surface area contributed by atoms with Crippen LogP contribution in [0, 0.1) is 5.92 Å². The van der Waals surface area contributed by atoms with E-state index in [4.69, 9.17) is 4.52 Å². The van der Waals surface area contributed by atoms with Crippen LogP contribution in [0.4, 0.5) is 0 Å². The van der Waals surface area contributed by atoms with E-state index in [-0.39, 0.29) is 17.7 Å². The van der Waals surface area contributed by atoms with Crippen LogP contribution in [0.5, 0.6) is 0 Å². The lowest BCUT2D eigenvalue weighted by Crippen LogP contribution is -2.43. The van der Waals surface area contributed by atoms with Gasteiger partial charge in [0.25, 0.3) is 0 Å². The molecule has 0 spiro atoms. The van der Waals surface area contributed by atoms with Crippen molar-refractivity contribution in [2.45, 2.75) is 71.6 Å². The van der Waals surface area contributed by atoms with Crippen molar-refractivity contribution < 1.29 is 14.1 Å². The molecule has 0 saturated carbocycles. The van der Waals surface area contributed by atoms with E-state index in [9.17, 15) is 9.59 Å². The zero-order valence-corrected chi connectivity index (χ0v) is 17.1. The fourth-order valence-corrected chi connectivity index (χ4v) is 3.46. The molecular weight excluding hydrogens is 344 g/mol. The normalized spacial score (nSPS) is 15.1. The minimum Gasteiger partial charge on any atom is -0.346 e. The zero-order valence-electron chi connectivity index (χ0n) is 17.1. The standard InChI is InChI=1S/C20H34N4O3/c1-4-6-13-23(3)20(26)16-11-14-24(15-12-16)19(25)10-7-9-18-21-17(8-5-2)22-27-18/h16H,4-15H2,1-3H3. The maximum atomic E-state index is 12.5. The summed E-state index contributed by atoms with van der Waals surface area (Å²) in [6.45, 7) is 6.39. The molecule has 1 aromatic rings. The molecule has 1 aliphatic rings. The Morgan fingerprint density at radius 3 is 2.56 bits per heavy atom. The first-order valence-electron chi connectivity index (χ1n) is 10.4. The molecule has 1 aromatic heterocycles. The molecular formula is C20H34N4O3. The molecule has 7 heteroatoms. The number of aromatic nitrogens is 2. The average molecular weight is 379 g/mol. The van der Waals surface area contributed by atoms with Gasteiger partial charge in [0.1, 0.15) is 0 Å². The van der Waals surface area contributed by atoms with E-state index in [1.54, 1.807) is 0 Å². The highest BCUT2D eigenvalue weighted by molar-refractivity contribution is 5.80. The molecule has 0 aliphatic carbocycles. The maximum absolute atomic E-state index is 12.5. The second-order valence-electron chi connectivity index (χ2n) is 7.48. The van der Waals surface area contributed by atoms with Crippen molar-refractivity contribution in [3.05, 3.63) is 11.7 Å². The first kappa shape index (κ1) is 21.4. The van der Waals surface area contributed by atoms with Gasteiger partial charge in [-0.25, -0.2) is 0 Å². The molecule has 152 valence electrons. The Hall–Kier alpha value is -1.92. The minimum absolute atomic E-state index is 0.0614. The van der Waals surface area contributed by atoms with Crippen LogP contribution in [-0.4, -0.2) is 58.4 Å². The third-order valence-corrected chi connectivity index (χ3v) is 5.19. The Bertz CT molecular complexity index is 594. The molecule has 2 heterocycles. The lowest BCUT2D eigenvalue weighted by molar-refractivity contribution is -0.140. The summed E-state index contributed by atoms with van der Waals surface area (Å²) in [7, 11) is 1.89. The maximum Gasteiger partial charge on any atom is 0.226 e. The number of hydrogen-bond donors (Lipinski definition) is 0. The summed E-state index contributed by atoms with van der Waals surface area (Å²) in [5, 5.41) is 3.93. The van der Waals surface area contributed by atoms with Gasteiger partial charge in [0.15, 0.2) is 5.82 Å². The molecule has 0 atom stereocenters. The van der Waals surface area contributed by atoms with E-state index in [1.165, 1.54) is 0 Å². The molecule has 1 aliphatic heterocycles. The average Bonchev–Trinajstić information content (AvgIpc) is 3.13. The zero-order chi connectivity index (χ0) is 19.6. The molecule has 0 unspecified atom stereocenters. The van der Waals surface area contributed by atoms with Crippen LogP contribution in [0.2, 0.25) is 0 Å². The van der Waals surface area contributed by atoms with Crippen molar-refractivity contribution in [2.24, 2.45) is 5.92 Å². The van der Waals surface area contributed by atoms with E-state index in [1.807, 2.05) is 16.8 Å². The molecule has 0 radical (unpaired) electrons. The topological polar surface area (TPSA) is 79.5 Å². The highest BCUT2D eigenvalue weighted by Crippen LogP contribution is 2.20. The van der Waals surface area contributed by atoms with Crippen molar-refractivity contribution in [1.29, 1.82) is 0 Å². The van der Waals surface area contributed by atoms with Crippen molar-refractivity contribution in [2.75, 3.05) is 26.7 Å². The van der Waals surface area contributed by atoms with Crippen LogP contribution in [0.3, 0.4) is 0 Å². The Morgan fingerprint density at radius 2 is 1.89 bits per heavy atom. The van der Waals surface area contributed by atoms with Crippen LogP contribution >= 0.6 is 0 Å². The van der Waals surface area contributed by atoms with Crippen molar-refractivity contribution in [3.63, 3.8) is 0 Å². The number of aryl methyl sites for hydroxylation is 2. The van der Waals surface area contributed by atoms with Crippen molar-refractivity contribution >= 4 is 11.8 Å². The quantitative estimate of drug-likeness (QED) is 0.625. The molecule has 1 saturated heterocycles. The van der Waals surface area contributed by atoms with Gasteiger partial charge in [-0.15, -0.1) is 0 Å². The van der Waals surface area contributed by atoms with Crippen LogP contribution in [0.1, 0.15) is 70.5 Å². The van der Waals surface area contributed by atoms with Gasteiger partial charge in [-0.2, -0.15) is 4.98 Å². The summed E-state index contributed by atoms with van der Waals surface area (Å²) in [5.74, 6) is 1.81. The fourth-order valence-electron chi connectivity index (χ4n) is 3.46. The number of piperidine rings is 1. The Morgan fingerprint density at radius 1 is 1.15 bits per heavy atom. The molecule has 7 nitrogen and oxygen atoms in total. The summed E-state index contributed by atoms with van der Waals surface area (Å²) in [6.07, 6.45) is 7.32. The third kappa shape index (κ3) is 6.63. The molecule has 2 rings (SSSR count). The highest BCUT2D eigenvalue weighted by Gasteiger charge is 2.28. The molecule has 0 N–H and O–H groups in total. The predicted octanol–water partition coefficient (Wildman–Crippen LogP) is 2.84. The summed E-state index contributed by atoms with van der Waals surface area (Å²) in [4.78, 5) is 32.9. The molecule has 2 amide bonds. The highest BCUT2D eigenvalue weighted by atomic mass is 16.5. The number of unbranched alkanes of at least 4 members (excludes halogenated alkanes) is 1. The third-order valence-electron chi connectivity index (χ3n) is 5.19. The molecule has 1 fully saturated rings. The van der Waals surface area contributed by atoms with Gasteiger partial charge >= 0.3 is 0 Å². The molecule has 0 aromatic carbocycles. The number of nitrogens with zero attached hydrogens (tertiary/aromatic N) is 4. The molecule has 0 bridgehead atoms. The summed E-state index contributed by atoms with van der Waals surface area (Å²) < 4.78 is 5.21. The van der Waals surface area contributed by atoms with E-state index in [0.717, 1.165) is 50.9 Å². The SMILES string of the molecule is CCCCN(C)C(=O)C1CCN(C(=O)CCCc2nc(CCC)no2)CC1. The van der Waals surface area contributed by atoms with Gasteiger partial charge in [0.05, 0.1) is 0 Å². The number of carbonyl (C=O) groups excluding carboxylic acids is 2. The first-order valence-corrected chi connectivity index (χ1v) is 10.4. The number of likely N-dealkylation sites (tertiary alicyclic amines) is 1.